The van der Waals surface area contributed by atoms with Crippen molar-refractivity contribution in [2.45, 2.75) is 25.7 Å². The number of benzene rings is 1. The SMILES string of the molecule is CN(C)CCCC1CCN(C(=O)c2cc3c(cc2O)OCO3)CC1. The molecule has 132 valence electrons. The normalized spacial score (nSPS) is 17.5. The van der Waals surface area contributed by atoms with Gasteiger partial charge in [-0.2, -0.15) is 0 Å². The van der Waals surface area contributed by atoms with E-state index >= 15 is 0 Å². The van der Waals surface area contributed by atoms with Crippen molar-refractivity contribution in [1.82, 2.24) is 9.80 Å². The maximum Gasteiger partial charge on any atom is 0.257 e. The first-order valence-electron chi connectivity index (χ1n) is 8.61. The number of likely N-dealkylation sites (tertiary alicyclic amines) is 1. The molecule has 2 aliphatic heterocycles. The number of carbonyl (C=O) groups is 1. The van der Waals surface area contributed by atoms with E-state index < -0.39 is 0 Å². The Morgan fingerprint density at radius 2 is 1.92 bits per heavy atom. The van der Waals surface area contributed by atoms with Crippen LogP contribution < -0.4 is 9.47 Å². The predicted octanol–water partition coefficient (Wildman–Crippen LogP) is 2.31. The first kappa shape index (κ1) is 16.9. The molecule has 6 nitrogen and oxygen atoms in total. The molecule has 0 radical (unpaired) electrons. The zero-order chi connectivity index (χ0) is 17.1. The molecule has 0 bridgehead atoms. The third-order valence-electron chi connectivity index (χ3n) is 4.84. The number of fused-ring (bicyclic) bond motifs is 1. The molecule has 6 heteroatoms. The summed E-state index contributed by atoms with van der Waals surface area (Å²) in [6.45, 7) is 2.74. The van der Waals surface area contributed by atoms with E-state index in [0.717, 1.165) is 32.5 Å². The summed E-state index contributed by atoms with van der Waals surface area (Å²) in [5.41, 5.74) is 0.297. The Labute approximate surface area is 143 Å². The van der Waals surface area contributed by atoms with E-state index in [4.69, 9.17) is 9.47 Å². The minimum absolute atomic E-state index is 0.0441. The van der Waals surface area contributed by atoms with Gasteiger partial charge >= 0.3 is 0 Å². The van der Waals surface area contributed by atoms with Crippen LogP contribution in [0.25, 0.3) is 0 Å². The molecule has 1 aromatic rings. The van der Waals surface area contributed by atoms with Crippen molar-refractivity contribution >= 4 is 5.91 Å². The van der Waals surface area contributed by atoms with Crippen LogP contribution in [-0.4, -0.2) is 61.3 Å². The van der Waals surface area contributed by atoms with Crippen molar-refractivity contribution in [3.8, 4) is 17.2 Å². The summed E-state index contributed by atoms with van der Waals surface area (Å²) in [5, 5.41) is 10.1. The van der Waals surface area contributed by atoms with Gasteiger partial charge in [0, 0.05) is 25.2 Å². The van der Waals surface area contributed by atoms with Gasteiger partial charge in [0.1, 0.15) is 5.75 Å². The smallest absolute Gasteiger partial charge is 0.257 e. The molecular formula is C18H26N2O4. The van der Waals surface area contributed by atoms with E-state index in [-0.39, 0.29) is 18.4 Å². The van der Waals surface area contributed by atoms with Gasteiger partial charge in [0.05, 0.1) is 5.56 Å². The molecule has 0 unspecified atom stereocenters. The highest BCUT2D eigenvalue weighted by atomic mass is 16.7. The summed E-state index contributed by atoms with van der Waals surface area (Å²) in [6, 6.07) is 3.05. The molecule has 2 heterocycles. The fourth-order valence-corrected chi connectivity index (χ4v) is 3.39. The second kappa shape index (κ2) is 7.30. The van der Waals surface area contributed by atoms with Crippen molar-refractivity contribution in [2.75, 3.05) is 40.5 Å². The Kier molecular flexibility index (Phi) is 5.14. The van der Waals surface area contributed by atoms with Gasteiger partial charge in [0.15, 0.2) is 11.5 Å². The Bertz CT molecular complexity index is 595. The van der Waals surface area contributed by atoms with Crippen molar-refractivity contribution in [2.24, 2.45) is 5.92 Å². The molecule has 2 aliphatic rings. The van der Waals surface area contributed by atoms with Crippen LogP contribution >= 0.6 is 0 Å². The lowest BCUT2D eigenvalue weighted by atomic mass is 9.91. The first-order chi connectivity index (χ1) is 11.5. The number of ether oxygens (including phenoxy) is 2. The number of amides is 1. The van der Waals surface area contributed by atoms with Crippen LogP contribution in [-0.2, 0) is 0 Å². The average molecular weight is 334 g/mol. The number of phenols is 1. The Morgan fingerprint density at radius 3 is 2.58 bits per heavy atom. The topological polar surface area (TPSA) is 62.2 Å². The highest BCUT2D eigenvalue weighted by Crippen LogP contribution is 2.38. The van der Waals surface area contributed by atoms with Crippen LogP contribution in [0.1, 0.15) is 36.0 Å². The molecule has 3 rings (SSSR count). The van der Waals surface area contributed by atoms with E-state index in [2.05, 4.69) is 19.0 Å². The molecule has 1 fully saturated rings. The van der Waals surface area contributed by atoms with Crippen molar-refractivity contribution in [1.29, 1.82) is 0 Å². The van der Waals surface area contributed by atoms with Gasteiger partial charge in [-0.1, -0.05) is 0 Å². The van der Waals surface area contributed by atoms with Crippen molar-refractivity contribution in [3.05, 3.63) is 17.7 Å². The largest absolute Gasteiger partial charge is 0.507 e. The molecule has 0 atom stereocenters. The van der Waals surface area contributed by atoms with Crippen LogP contribution in [0, 0.1) is 5.92 Å². The summed E-state index contributed by atoms with van der Waals surface area (Å²) in [6.07, 6.45) is 4.49. The Morgan fingerprint density at radius 1 is 1.25 bits per heavy atom. The molecule has 1 N–H and O–H groups in total. The van der Waals surface area contributed by atoms with Gasteiger partial charge in [-0.25, -0.2) is 0 Å². The monoisotopic (exact) mass is 334 g/mol. The molecule has 0 saturated carbocycles. The number of hydrogen-bond acceptors (Lipinski definition) is 5. The number of nitrogens with zero attached hydrogens (tertiary/aromatic N) is 2. The first-order valence-corrected chi connectivity index (χ1v) is 8.61. The van der Waals surface area contributed by atoms with E-state index in [1.54, 1.807) is 6.07 Å². The fourth-order valence-electron chi connectivity index (χ4n) is 3.39. The Hall–Kier alpha value is -1.95. The van der Waals surface area contributed by atoms with Gasteiger partial charge < -0.3 is 24.4 Å². The predicted molar refractivity (Wildman–Crippen MR) is 90.6 cm³/mol. The summed E-state index contributed by atoms with van der Waals surface area (Å²) in [4.78, 5) is 16.7. The summed E-state index contributed by atoms with van der Waals surface area (Å²) in [7, 11) is 4.19. The summed E-state index contributed by atoms with van der Waals surface area (Å²) >= 11 is 0. The van der Waals surface area contributed by atoms with Gasteiger partial charge in [0.25, 0.3) is 5.91 Å². The summed E-state index contributed by atoms with van der Waals surface area (Å²) < 4.78 is 10.5. The number of aromatic hydroxyl groups is 1. The van der Waals surface area contributed by atoms with Gasteiger partial charge in [-0.15, -0.1) is 0 Å². The molecule has 1 saturated heterocycles. The van der Waals surface area contributed by atoms with E-state index in [1.807, 2.05) is 4.90 Å². The highest BCUT2D eigenvalue weighted by molar-refractivity contribution is 5.97. The van der Waals surface area contributed by atoms with Crippen molar-refractivity contribution < 1.29 is 19.4 Å². The minimum Gasteiger partial charge on any atom is -0.507 e. The molecule has 0 aromatic heterocycles. The third kappa shape index (κ3) is 3.75. The zero-order valence-corrected chi connectivity index (χ0v) is 14.5. The number of hydrogen-bond donors (Lipinski definition) is 1. The van der Waals surface area contributed by atoms with Crippen LogP contribution in [0.4, 0.5) is 0 Å². The fraction of sp³-hybridized carbons (Fsp3) is 0.611. The molecule has 1 amide bonds. The van der Waals surface area contributed by atoms with Crippen LogP contribution in [0.2, 0.25) is 0 Å². The van der Waals surface area contributed by atoms with Crippen LogP contribution in [0.3, 0.4) is 0 Å². The number of piperidine rings is 1. The van der Waals surface area contributed by atoms with E-state index in [0.29, 0.717) is 23.0 Å². The van der Waals surface area contributed by atoms with Crippen molar-refractivity contribution in [3.63, 3.8) is 0 Å². The molecular weight excluding hydrogens is 308 g/mol. The lowest BCUT2D eigenvalue weighted by molar-refractivity contribution is 0.0681. The van der Waals surface area contributed by atoms with Gasteiger partial charge in [0.2, 0.25) is 6.79 Å². The Balaban J connectivity index is 1.56. The van der Waals surface area contributed by atoms with E-state index in [1.165, 1.54) is 18.9 Å². The minimum atomic E-state index is -0.127. The second-order valence-corrected chi connectivity index (χ2v) is 6.90. The third-order valence-corrected chi connectivity index (χ3v) is 4.84. The number of phenolic OH excluding ortho intramolecular Hbond substituents is 1. The summed E-state index contributed by atoms with van der Waals surface area (Å²) in [5.74, 6) is 1.53. The maximum absolute atomic E-state index is 12.7. The second-order valence-electron chi connectivity index (χ2n) is 6.90. The van der Waals surface area contributed by atoms with E-state index in [9.17, 15) is 9.90 Å². The standard InChI is InChI=1S/C18H26N2O4/c1-19(2)7-3-4-13-5-8-20(9-6-13)18(22)14-10-16-17(11-15(14)21)24-12-23-16/h10-11,13,21H,3-9,12H2,1-2H3. The lowest BCUT2D eigenvalue weighted by Gasteiger charge is -2.32. The van der Waals surface area contributed by atoms with Gasteiger partial charge in [-0.05, 0) is 52.2 Å². The molecule has 1 aromatic carbocycles. The lowest BCUT2D eigenvalue weighted by Crippen LogP contribution is -2.38. The van der Waals surface area contributed by atoms with Crippen LogP contribution in [0.5, 0.6) is 17.2 Å². The average Bonchev–Trinajstić information content (AvgIpc) is 3.01. The van der Waals surface area contributed by atoms with Crippen LogP contribution in [0.15, 0.2) is 12.1 Å². The quantitative estimate of drug-likeness (QED) is 0.895. The maximum atomic E-state index is 12.7. The number of rotatable bonds is 5. The van der Waals surface area contributed by atoms with Gasteiger partial charge in [-0.3, -0.25) is 4.79 Å². The number of carbonyl (C=O) groups excluding carboxylic acids is 1. The zero-order valence-electron chi connectivity index (χ0n) is 14.5. The molecule has 0 spiro atoms. The molecule has 24 heavy (non-hydrogen) atoms. The molecule has 0 aliphatic carbocycles. The highest BCUT2D eigenvalue weighted by Gasteiger charge is 2.27.